The molecule has 6 heterocycles. The highest BCUT2D eigenvalue weighted by Crippen LogP contribution is 2.25. The van der Waals surface area contributed by atoms with Crippen molar-refractivity contribution in [3.63, 3.8) is 0 Å². The van der Waals surface area contributed by atoms with E-state index in [1.807, 2.05) is 41.5 Å². The molecule has 0 fully saturated rings. The van der Waals surface area contributed by atoms with Gasteiger partial charge in [-0.15, -0.1) is 0 Å². The maximum atomic E-state index is 10.9. The van der Waals surface area contributed by atoms with Gasteiger partial charge in [0.15, 0.2) is 29.5 Å². The topological polar surface area (TPSA) is 154 Å². The zero-order chi connectivity index (χ0) is 39.6. The Morgan fingerprint density at radius 2 is 0.725 bits per heavy atom. The predicted octanol–water partition coefficient (Wildman–Crippen LogP) is 6.90. The maximum Gasteiger partial charge on any atom is 0.174 e. The van der Waals surface area contributed by atoms with Crippen molar-refractivity contribution in [3.8, 4) is 0 Å². The Morgan fingerprint density at radius 1 is 0.412 bits per heavy atom. The molecule has 0 radical (unpaired) electrons. The number of hydrogen-bond acceptors (Lipinski definition) is 9. The third-order valence-electron chi connectivity index (χ3n) is 9.92. The first kappa shape index (κ1) is 47.8. The summed E-state index contributed by atoms with van der Waals surface area (Å²) in [6, 6.07) is 0. The van der Waals surface area contributed by atoms with Crippen molar-refractivity contribution < 1.29 is 37.9 Å². The lowest BCUT2D eigenvalue weighted by atomic mass is 10.2. The van der Waals surface area contributed by atoms with Crippen LogP contribution in [0.2, 0.25) is 0 Å². The fourth-order valence-electron chi connectivity index (χ4n) is 5.04. The van der Waals surface area contributed by atoms with Gasteiger partial charge in [-0.2, -0.15) is 0 Å². The van der Waals surface area contributed by atoms with Gasteiger partial charge < -0.3 is 0 Å². The molecule has 0 aliphatic carbocycles. The van der Waals surface area contributed by atoms with E-state index >= 15 is 0 Å². The van der Waals surface area contributed by atoms with Crippen LogP contribution in [0.15, 0.2) is 64.2 Å². The molecular formula is C36H60O9S6. The molecule has 0 N–H and O–H groups in total. The van der Waals surface area contributed by atoms with Crippen LogP contribution in [0.5, 0.6) is 0 Å². The van der Waals surface area contributed by atoms with Crippen molar-refractivity contribution in [3.05, 3.63) is 64.2 Å². The molecule has 51 heavy (non-hydrogen) atoms. The largest absolute Gasteiger partial charge is 0.259 e. The molecule has 6 rings (SSSR count). The van der Waals surface area contributed by atoms with Crippen LogP contribution in [0, 0.1) is 0 Å². The van der Waals surface area contributed by atoms with Crippen LogP contribution in [0.1, 0.15) is 109 Å². The van der Waals surface area contributed by atoms with E-state index in [4.69, 9.17) is 0 Å². The van der Waals surface area contributed by atoms with Gasteiger partial charge in [-0.1, -0.05) is 44.6 Å². The Balaban J connectivity index is 0.000000306. The van der Waals surface area contributed by atoms with Gasteiger partial charge in [-0.05, 0) is 109 Å². The van der Waals surface area contributed by atoms with Crippen LogP contribution in [0.25, 0.3) is 0 Å². The summed E-state index contributed by atoms with van der Waals surface area (Å²) in [4.78, 5) is 3.38. The van der Waals surface area contributed by atoms with Crippen molar-refractivity contribution in [1.82, 2.24) is 0 Å². The molecule has 0 spiro atoms. The second-order valence-electron chi connectivity index (χ2n) is 14.0. The summed E-state index contributed by atoms with van der Waals surface area (Å²) in [5.41, 5.74) is 9.38. The van der Waals surface area contributed by atoms with Gasteiger partial charge >= 0.3 is 0 Å². The quantitative estimate of drug-likeness (QED) is 0.237. The Labute approximate surface area is 316 Å². The van der Waals surface area contributed by atoms with E-state index in [2.05, 4.69) is 27.7 Å². The number of hydrogen-bond donors (Lipinski definition) is 0. The summed E-state index contributed by atoms with van der Waals surface area (Å²) >= 11 is 0. The standard InChI is InChI=1S/3C6H10O2S.3C6H10OS/c1-5-3-9(7,8)4-6(5)2;2*1-5-3-4-9(7,8)6(5)2;1-5-3-8(7)4-6(5)2;2*1-5-3-4-8(7)6(5)2/h3*3-4H2,1-2H3;3*3-4H2,1-2H3. The Hall–Kier alpha value is -1.26. The minimum absolute atomic E-state index is 0.277. The molecule has 0 aromatic rings. The molecule has 6 aliphatic rings. The SMILES string of the molecule is CC1=C(C)CS(=O)(=O)C1.CC1=C(C)CS(=O)C1.CC1=C(C)S(=O)(=O)CC1.CC1=C(C)S(=O)(=O)CC1.CC1=C(C)S(=O)CC1.CC1=C(C)S(=O)CC1. The van der Waals surface area contributed by atoms with Gasteiger partial charge in [0.25, 0.3) is 0 Å². The molecule has 2 unspecified atom stereocenters. The zero-order valence-electron chi connectivity index (χ0n) is 32.6. The first-order chi connectivity index (χ1) is 23.2. The van der Waals surface area contributed by atoms with Crippen molar-refractivity contribution in [1.29, 1.82) is 0 Å². The third-order valence-corrected chi connectivity index (χ3v) is 20.4. The molecule has 294 valence electrons. The van der Waals surface area contributed by atoms with Gasteiger partial charge in [-0.3, -0.25) is 12.6 Å². The lowest BCUT2D eigenvalue weighted by molar-refractivity contribution is 0.601. The average molecular weight is 829 g/mol. The minimum atomic E-state index is -2.79. The Morgan fingerprint density at radius 3 is 0.804 bits per heavy atom. The van der Waals surface area contributed by atoms with Crippen molar-refractivity contribution in [2.24, 2.45) is 0 Å². The van der Waals surface area contributed by atoms with E-state index in [1.54, 1.807) is 13.8 Å². The van der Waals surface area contributed by atoms with Crippen molar-refractivity contribution in [2.75, 3.05) is 46.0 Å². The van der Waals surface area contributed by atoms with Gasteiger partial charge in [-0.25, -0.2) is 25.3 Å². The lowest BCUT2D eigenvalue weighted by Gasteiger charge is -1.90. The Kier molecular flexibility index (Phi) is 19.1. The summed E-state index contributed by atoms with van der Waals surface area (Å²) < 4.78 is 97.7. The summed E-state index contributed by atoms with van der Waals surface area (Å²) in [5, 5.41) is 0. The fraction of sp³-hybridized carbons (Fsp3) is 0.667. The van der Waals surface area contributed by atoms with Gasteiger partial charge in [0.2, 0.25) is 0 Å². The highest BCUT2D eigenvalue weighted by Gasteiger charge is 2.23. The molecule has 0 aromatic carbocycles. The fourth-order valence-corrected chi connectivity index (χ4v) is 14.1. The second-order valence-corrected chi connectivity index (χ2v) is 25.4. The average Bonchev–Trinajstić information content (AvgIpc) is 3.80. The summed E-state index contributed by atoms with van der Waals surface area (Å²) in [6.07, 6.45) is 3.54. The molecule has 15 heteroatoms. The molecule has 0 amide bonds. The highest BCUT2D eigenvalue weighted by molar-refractivity contribution is 7.95. The smallest absolute Gasteiger partial charge is 0.174 e. The van der Waals surface area contributed by atoms with Crippen LogP contribution >= 0.6 is 0 Å². The van der Waals surface area contributed by atoms with Crippen LogP contribution < -0.4 is 0 Å². The van der Waals surface area contributed by atoms with Crippen molar-refractivity contribution in [2.45, 2.75) is 109 Å². The number of allylic oxidation sites excluding steroid dienone is 8. The molecular weight excluding hydrogens is 769 g/mol. The second kappa shape index (κ2) is 20.4. The monoisotopic (exact) mass is 828 g/mol. The summed E-state index contributed by atoms with van der Waals surface area (Å²) in [7, 11) is -10.1. The number of rotatable bonds is 0. The van der Waals surface area contributed by atoms with E-state index in [1.165, 1.54) is 22.3 Å². The van der Waals surface area contributed by atoms with Crippen LogP contribution in [0.3, 0.4) is 0 Å². The molecule has 0 bridgehead atoms. The van der Waals surface area contributed by atoms with E-state index in [0.717, 1.165) is 80.8 Å². The van der Waals surface area contributed by atoms with Crippen LogP contribution in [-0.4, -0.2) is 83.9 Å². The molecule has 6 aliphatic heterocycles. The zero-order valence-corrected chi connectivity index (χ0v) is 37.5. The lowest BCUT2D eigenvalue weighted by Crippen LogP contribution is -2.02. The van der Waals surface area contributed by atoms with Gasteiger partial charge in [0.05, 0.1) is 23.0 Å². The predicted molar refractivity (Wildman–Crippen MR) is 219 cm³/mol. The van der Waals surface area contributed by atoms with Crippen LogP contribution in [-0.2, 0) is 61.9 Å². The van der Waals surface area contributed by atoms with E-state index in [-0.39, 0.29) is 11.5 Å². The molecule has 9 nitrogen and oxygen atoms in total. The van der Waals surface area contributed by atoms with E-state index in [0.29, 0.717) is 21.3 Å². The first-order valence-corrected chi connectivity index (χ1v) is 26.2. The molecule has 0 aromatic heterocycles. The molecule has 2 atom stereocenters. The molecule has 0 saturated heterocycles. The summed E-state index contributed by atoms with van der Waals surface area (Å²) in [6.45, 7) is 23.0. The van der Waals surface area contributed by atoms with Gasteiger partial charge in [0.1, 0.15) is 0 Å². The maximum absolute atomic E-state index is 10.9. The Bertz CT molecular complexity index is 1800. The van der Waals surface area contributed by atoms with Crippen molar-refractivity contribution >= 4 is 61.9 Å². The minimum Gasteiger partial charge on any atom is -0.259 e. The highest BCUT2D eigenvalue weighted by atomic mass is 32.2. The normalized spacial score (nSPS) is 26.1. The third kappa shape index (κ3) is 15.6. The molecule has 0 saturated carbocycles. The van der Waals surface area contributed by atoms with E-state index < -0.39 is 61.9 Å². The number of sulfone groups is 3. The first-order valence-electron chi connectivity index (χ1n) is 17.0. The van der Waals surface area contributed by atoms with E-state index in [9.17, 15) is 37.9 Å². The van der Waals surface area contributed by atoms with Gasteiger partial charge in [0, 0.05) is 75.0 Å². The summed E-state index contributed by atoms with van der Waals surface area (Å²) in [5.74, 6) is 4.54. The van der Waals surface area contributed by atoms with Crippen LogP contribution in [0.4, 0.5) is 0 Å².